The van der Waals surface area contributed by atoms with Crippen LogP contribution in [0.5, 0.6) is 5.75 Å². The van der Waals surface area contributed by atoms with E-state index in [0.717, 1.165) is 34.8 Å². The number of methoxy groups -OCH3 is 1. The van der Waals surface area contributed by atoms with E-state index in [9.17, 15) is 0 Å². The van der Waals surface area contributed by atoms with Crippen molar-refractivity contribution in [2.24, 2.45) is 0 Å². The van der Waals surface area contributed by atoms with Crippen molar-refractivity contribution in [1.29, 1.82) is 0 Å². The van der Waals surface area contributed by atoms with Crippen molar-refractivity contribution in [3.05, 3.63) is 65.9 Å². The lowest BCUT2D eigenvalue weighted by atomic mass is 10.1. The van der Waals surface area contributed by atoms with Gasteiger partial charge in [-0.25, -0.2) is 4.68 Å². The Morgan fingerprint density at radius 2 is 1.75 bits per heavy atom. The molecule has 0 bridgehead atoms. The molecule has 98 valence electrons. The van der Waals surface area contributed by atoms with E-state index in [4.69, 9.17) is 9.84 Å². The van der Waals surface area contributed by atoms with E-state index in [1.807, 2.05) is 28.9 Å². The summed E-state index contributed by atoms with van der Waals surface area (Å²) < 4.78 is 7.64. The highest BCUT2D eigenvalue weighted by atomic mass is 16.5. The van der Waals surface area contributed by atoms with E-state index in [-0.39, 0.29) is 0 Å². The van der Waals surface area contributed by atoms with Gasteiger partial charge in [0.05, 0.1) is 18.5 Å². The van der Waals surface area contributed by atoms with Crippen LogP contribution in [0.25, 0.3) is 16.9 Å². The highest BCUT2D eigenvalue weighted by Crippen LogP contribution is 2.39. The molecule has 3 nitrogen and oxygen atoms in total. The van der Waals surface area contributed by atoms with Gasteiger partial charge in [0.25, 0.3) is 0 Å². The minimum Gasteiger partial charge on any atom is -0.492 e. The molecule has 0 saturated carbocycles. The van der Waals surface area contributed by atoms with Crippen LogP contribution in [0.3, 0.4) is 0 Å². The highest BCUT2D eigenvalue weighted by molar-refractivity contribution is 5.70. The summed E-state index contributed by atoms with van der Waals surface area (Å²) in [6.07, 6.45) is 0.874. The second kappa shape index (κ2) is 4.23. The van der Waals surface area contributed by atoms with E-state index in [2.05, 4.69) is 30.3 Å². The normalized spacial score (nSPS) is 12.1. The number of hydrogen-bond acceptors (Lipinski definition) is 2. The van der Waals surface area contributed by atoms with Gasteiger partial charge in [-0.2, -0.15) is 5.10 Å². The molecule has 1 aliphatic rings. The number of nitrogens with zero attached hydrogens (tertiary/aromatic N) is 2. The topological polar surface area (TPSA) is 27.1 Å². The maximum Gasteiger partial charge on any atom is 0.168 e. The van der Waals surface area contributed by atoms with Crippen molar-refractivity contribution in [2.45, 2.75) is 6.42 Å². The van der Waals surface area contributed by atoms with Crippen molar-refractivity contribution in [1.82, 2.24) is 9.78 Å². The van der Waals surface area contributed by atoms with Gasteiger partial charge >= 0.3 is 0 Å². The molecule has 3 aromatic rings. The number of aromatic nitrogens is 2. The smallest absolute Gasteiger partial charge is 0.168 e. The molecule has 0 fully saturated rings. The molecule has 2 heterocycles. The molecule has 0 saturated heterocycles. The Morgan fingerprint density at radius 3 is 2.55 bits per heavy atom. The number of ether oxygens (including phenoxy) is 1. The zero-order chi connectivity index (χ0) is 13.5. The fourth-order valence-corrected chi connectivity index (χ4v) is 2.84. The third kappa shape index (κ3) is 1.50. The summed E-state index contributed by atoms with van der Waals surface area (Å²) in [7, 11) is 1.72. The number of fused-ring (bicyclic) bond motifs is 3. The first-order chi connectivity index (χ1) is 9.88. The van der Waals surface area contributed by atoms with E-state index in [0.29, 0.717) is 0 Å². The zero-order valence-electron chi connectivity index (χ0n) is 11.2. The van der Waals surface area contributed by atoms with Gasteiger partial charge in [0, 0.05) is 12.0 Å². The van der Waals surface area contributed by atoms with Crippen LogP contribution in [-0.4, -0.2) is 16.9 Å². The monoisotopic (exact) mass is 262 g/mol. The van der Waals surface area contributed by atoms with Crippen LogP contribution >= 0.6 is 0 Å². The molecule has 0 radical (unpaired) electrons. The second-order valence-corrected chi connectivity index (χ2v) is 4.91. The molecule has 0 spiro atoms. The van der Waals surface area contributed by atoms with Gasteiger partial charge in [0.2, 0.25) is 0 Å². The quantitative estimate of drug-likeness (QED) is 0.553. The van der Waals surface area contributed by atoms with Gasteiger partial charge in [-0.15, -0.1) is 0 Å². The largest absolute Gasteiger partial charge is 0.492 e. The number of rotatable bonds is 2. The Morgan fingerprint density at radius 1 is 1.00 bits per heavy atom. The van der Waals surface area contributed by atoms with E-state index in [1.165, 1.54) is 5.56 Å². The van der Waals surface area contributed by atoms with Gasteiger partial charge in [-0.1, -0.05) is 48.5 Å². The lowest BCUT2D eigenvalue weighted by molar-refractivity contribution is 0.412. The standard InChI is InChI=1S/C17H14N2O/c1-20-17-15-11-13-9-5-6-10-14(13)19(15)18-16(17)12-7-3-2-4-8-12/h2-10H,11H2,1H3. The molecule has 1 aromatic heterocycles. The van der Waals surface area contributed by atoms with Gasteiger partial charge < -0.3 is 4.74 Å². The Balaban J connectivity index is 1.94. The molecule has 0 amide bonds. The summed E-state index contributed by atoms with van der Waals surface area (Å²) in [5, 5.41) is 4.76. The summed E-state index contributed by atoms with van der Waals surface area (Å²) in [4.78, 5) is 0. The van der Waals surface area contributed by atoms with Crippen LogP contribution in [-0.2, 0) is 6.42 Å². The van der Waals surface area contributed by atoms with Crippen LogP contribution in [0.1, 0.15) is 11.3 Å². The highest BCUT2D eigenvalue weighted by Gasteiger charge is 2.27. The molecule has 20 heavy (non-hydrogen) atoms. The maximum absolute atomic E-state index is 5.63. The third-order valence-electron chi connectivity index (χ3n) is 3.76. The number of benzene rings is 2. The predicted molar refractivity (Wildman–Crippen MR) is 78.4 cm³/mol. The third-order valence-corrected chi connectivity index (χ3v) is 3.76. The van der Waals surface area contributed by atoms with Crippen LogP contribution in [0.15, 0.2) is 54.6 Å². The Labute approximate surface area is 117 Å². The van der Waals surface area contributed by atoms with Crippen molar-refractivity contribution >= 4 is 0 Å². The lowest BCUT2D eigenvalue weighted by Crippen LogP contribution is -1.94. The average Bonchev–Trinajstić information content (AvgIpc) is 3.03. The fourth-order valence-electron chi connectivity index (χ4n) is 2.84. The SMILES string of the molecule is COc1c(-c2ccccc2)nn2c1Cc1ccccc1-2. The summed E-state index contributed by atoms with van der Waals surface area (Å²) in [6, 6.07) is 18.5. The number of hydrogen-bond donors (Lipinski definition) is 0. The summed E-state index contributed by atoms with van der Waals surface area (Å²) >= 11 is 0. The van der Waals surface area contributed by atoms with Gasteiger partial charge in [0.15, 0.2) is 5.75 Å². The molecule has 1 aliphatic heterocycles. The first kappa shape index (κ1) is 11.3. The lowest BCUT2D eigenvalue weighted by Gasteiger charge is -2.03. The first-order valence-electron chi connectivity index (χ1n) is 6.68. The van der Waals surface area contributed by atoms with Gasteiger partial charge in [-0.05, 0) is 11.6 Å². The maximum atomic E-state index is 5.63. The van der Waals surface area contributed by atoms with Crippen molar-refractivity contribution in [2.75, 3.05) is 7.11 Å². The van der Waals surface area contributed by atoms with E-state index in [1.54, 1.807) is 7.11 Å². The first-order valence-corrected chi connectivity index (χ1v) is 6.68. The number of para-hydroxylation sites is 1. The van der Waals surface area contributed by atoms with Crippen LogP contribution in [0.4, 0.5) is 0 Å². The second-order valence-electron chi connectivity index (χ2n) is 4.91. The fraction of sp³-hybridized carbons (Fsp3) is 0.118. The molecule has 0 N–H and O–H groups in total. The van der Waals surface area contributed by atoms with Crippen LogP contribution in [0, 0.1) is 0 Å². The summed E-state index contributed by atoms with van der Waals surface area (Å²) in [5.41, 5.74) is 5.59. The summed E-state index contributed by atoms with van der Waals surface area (Å²) in [6.45, 7) is 0. The molecule has 0 unspecified atom stereocenters. The van der Waals surface area contributed by atoms with Crippen molar-refractivity contribution in [3.8, 4) is 22.7 Å². The van der Waals surface area contributed by atoms with Gasteiger partial charge in [-0.3, -0.25) is 0 Å². The molecule has 3 heteroatoms. The van der Waals surface area contributed by atoms with Crippen molar-refractivity contribution < 1.29 is 4.74 Å². The Kier molecular flexibility index (Phi) is 2.39. The minimum absolute atomic E-state index is 0.874. The summed E-state index contributed by atoms with van der Waals surface area (Å²) in [5.74, 6) is 0.882. The molecule has 0 atom stereocenters. The van der Waals surface area contributed by atoms with E-state index < -0.39 is 0 Å². The Bertz CT molecular complexity index is 775. The van der Waals surface area contributed by atoms with Crippen LogP contribution < -0.4 is 4.74 Å². The zero-order valence-corrected chi connectivity index (χ0v) is 11.2. The molecule has 0 aliphatic carbocycles. The van der Waals surface area contributed by atoms with Crippen LogP contribution in [0.2, 0.25) is 0 Å². The Hall–Kier alpha value is -2.55. The molecular weight excluding hydrogens is 248 g/mol. The van der Waals surface area contributed by atoms with Crippen molar-refractivity contribution in [3.63, 3.8) is 0 Å². The van der Waals surface area contributed by atoms with Gasteiger partial charge in [0.1, 0.15) is 5.69 Å². The average molecular weight is 262 g/mol. The molecule has 4 rings (SSSR count). The molecule has 2 aromatic carbocycles. The van der Waals surface area contributed by atoms with E-state index >= 15 is 0 Å². The predicted octanol–water partition coefficient (Wildman–Crippen LogP) is 3.45. The minimum atomic E-state index is 0.874. The molecular formula is C17H14N2O.